The van der Waals surface area contributed by atoms with Gasteiger partial charge in [-0.2, -0.15) is 0 Å². The highest BCUT2D eigenvalue weighted by atomic mass is 32.1. The average Bonchev–Trinajstić information content (AvgIpc) is 2.66. The molecule has 0 unspecified atom stereocenters. The highest BCUT2D eigenvalue weighted by Crippen LogP contribution is 2.33. The monoisotopic (exact) mass is 230 g/mol. The topological polar surface area (TPSA) is 55.6 Å². The average molecular weight is 230 g/mol. The molecule has 5 nitrogen and oxygen atoms in total. The van der Waals surface area contributed by atoms with Crippen LogP contribution in [0.15, 0.2) is 11.4 Å². The van der Waals surface area contributed by atoms with Gasteiger partial charge < -0.3 is 9.64 Å². The summed E-state index contributed by atoms with van der Waals surface area (Å²) < 4.78 is 4.93. The van der Waals surface area contributed by atoms with Crippen molar-refractivity contribution < 1.29 is 9.66 Å². The Labute approximate surface area is 92.4 Å². The summed E-state index contributed by atoms with van der Waals surface area (Å²) >= 11 is 1.15. The predicted octanol–water partition coefficient (Wildman–Crippen LogP) is 2.13. The molecule has 0 aliphatic carbocycles. The quantitative estimate of drug-likeness (QED) is 0.427. The van der Waals surface area contributed by atoms with E-state index in [1.807, 2.05) is 11.9 Å². The fourth-order valence-electron chi connectivity index (χ4n) is 1.29. The number of hydrogen-bond acceptors (Lipinski definition) is 5. The lowest BCUT2D eigenvalue weighted by Gasteiger charge is -2.16. The van der Waals surface area contributed by atoms with Crippen LogP contribution in [0.4, 0.5) is 10.7 Å². The van der Waals surface area contributed by atoms with Gasteiger partial charge >= 0.3 is 5.00 Å². The molecule has 0 saturated heterocycles. The Bertz CT molecular complexity index is 327. The van der Waals surface area contributed by atoms with E-state index in [0.29, 0.717) is 12.3 Å². The van der Waals surface area contributed by atoms with Crippen LogP contribution in [0.25, 0.3) is 0 Å². The molecule has 15 heavy (non-hydrogen) atoms. The number of anilines is 1. The number of thiophene rings is 1. The third kappa shape index (κ3) is 3.17. The van der Waals surface area contributed by atoms with Gasteiger partial charge in [0.15, 0.2) is 0 Å². The molecule has 0 bridgehead atoms. The van der Waals surface area contributed by atoms with E-state index in [0.717, 1.165) is 24.3 Å². The van der Waals surface area contributed by atoms with Crippen LogP contribution in [0.1, 0.15) is 6.42 Å². The molecule has 0 aromatic carbocycles. The Morgan fingerprint density at radius 3 is 3.00 bits per heavy atom. The summed E-state index contributed by atoms with van der Waals surface area (Å²) in [6.07, 6.45) is 0.861. The van der Waals surface area contributed by atoms with Crippen LogP contribution in [0.2, 0.25) is 0 Å². The van der Waals surface area contributed by atoms with Crippen LogP contribution < -0.4 is 4.90 Å². The minimum Gasteiger partial charge on any atom is -0.385 e. The van der Waals surface area contributed by atoms with Gasteiger partial charge in [0.25, 0.3) is 0 Å². The van der Waals surface area contributed by atoms with Crippen molar-refractivity contribution in [3.8, 4) is 0 Å². The Morgan fingerprint density at radius 1 is 1.67 bits per heavy atom. The standard InChI is InChI=1S/C9H14N2O3S/c1-10(5-3-6-14-2)8-4-7-15-9(8)11(12)13/h4,7H,3,5-6H2,1-2H3. The van der Waals surface area contributed by atoms with Gasteiger partial charge in [0.1, 0.15) is 5.69 Å². The summed E-state index contributed by atoms with van der Waals surface area (Å²) in [4.78, 5) is 12.2. The molecule has 0 amide bonds. The van der Waals surface area contributed by atoms with E-state index in [1.54, 1.807) is 18.6 Å². The maximum atomic E-state index is 10.7. The van der Waals surface area contributed by atoms with Crippen molar-refractivity contribution in [1.29, 1.82) is 0 Å². The molecule has 1 aromatic rings. The minimum atomic E-state index is -0.340. The van der Waals surface area contributed by atoms with Gasteiger partial charge in [-0.05, 0) is 17.9 Å². The maximum Gasteiger partial charge on any atom is 0.347 e. The number of nitro groups is 1. The lowest BCUT2D eigenvalue weighted by atomic mass is 10.3. The van der Waals surface area contributed by atoms with Crippen LogP contribution in [0.3, 0.4) is 0 Å². The molecule has 0 atom stereocenters. The third-order valence-electron chi connectivity index (χ3n) is 2.04. The van der Waals surface area contributed by atoms with E-state index in [2.05, 4.69) is 0 Å². The number of nitrogens with zero attached hydrogens (tertiary/aromatic N) is 2. The third-order valence-corrected chi connectivity index (χ3v) is 2.90. The van der Waals surface area contributed by atoms with Gasteiger partial charge in [-0.3, -0.25) is 10.1 Å². The molecular formula is C9H14N2O3S. The fraction of sp³-hybridized carbons (Fsp3) is 0.556. The van der Waals surface area contributed by atoms with Gasteiger partial charge in [0.2, 0.25) is 0 Å². The molecule has 0 radical (unpaired) electrons. The van der Waals surface area contributed by atoms with E-state index in [1.165, 1.54) is 0 Å². The Kier molecular flexibility index (Phi) is 4.51. The number of hydrogen-bond donors (Lipinski definition) is 0. The Hall–Kier alpha value is -1.14. The zero-order valence-electron chi connectivity index (χ0n) is 8.80. The maximum absolute atomic E-state index is 10.7. The SMILES string of the molecule is COCCCN(C)c1ccsc1[N+](=O)[O-]. The van der Waals surface area contributed by atoms with E-state index < -0.39 is 0 Å². The van der Waals surface area contributed by atoms with Crippen molar-refractivity contribution in [2.75, 3.05) is 32.2 Å². The first-order chi connectivity index (χ1) is 7.16. The molecule has 1 heterocycles. The second-order valence-corrected chi connectivity index (χ2v) is 4.03. The fourth-order valence-corrected chi connectivity index (χ4v) is 2.04. The number of ether oxygens (including phenoxy) is 1. The van der Waals surface area contributed by atoms with Crippen LogP contribution in [0, 0.1) is 10.1 Å². The van der Waals surface area contributed by atoms with Gasteiger partial charge in [-0.15, -0.1) is 0 Å². The summed E-state index contributed by atoms with van der Waals surface area (Å²) in [6, 6.07) is 1.77. The van der Waals surface area contributed by atoms with Crippen molar-refractivity contribution >= 4 is 22.0 Å². The molecule has 0 saturated carbocycles. The van der Waals surface area contributed by atoms with Crippen LogP contribution >= 0.6 is 11.3 Å². The zero-order valence-corrected chi connectivity index (χ0v) is 9.62. The molecule has 0 aliphatic heterocycles. The Balaban J connectivity index is 2.60. The molecule has 84 valence electrons. The first-order valence-electron chi connectivity index (χ1n) is 4.58. The van der Waals surface area contributed by atoms with Crippen molar-refractivity contribution in [3.05, 3.63) is 21.6 Å². The number of rotatable bonds is 6. The molecule has 6 heteroatoms. The van der Waals surface area contributed by atoms with Gasteiger partial charge in [-0.25, -0.2) is 0 Å². The van der Waals surface area contributed by atoms with Gasteiger partial charge in [0, 0.05) is 27.3 Å². The summed E-state index contributed by atoms with van der Waals surface area (Å²) in [7, 11) is 3.50. The molecule has 0 aliphatic rings. The summed E-state index contributed by atoms with van der Waals surface area (Å²) in [6.45, 7) is 1.42. The van der Waals surface area contributed by atoms with Crippen LogP contribution in [0.5, 0.6) is 0 Å². The van der Waals surface area contributed by atoms with E-state index >= 15 is 0 Å². The largest absolute Gasteiger partial charge is 0.385 e. The zero-order chi connectivity index (χ0) is 11.3. The molecule has 1 aromatic heterocycles. The van der Waals surface area contributed by atoms with Gasteiger partial charge in [0.05, 0.1) is 4.92 Å². The minimum absolute atomic E-state index is 0.204. The molecular weight excluding hydrogens is 216 g/mol. The van der Waals surface area contributed by atoms with Crippen LogP contribution in [-0.4, -0.2) is 32.2 Å². The lowest BCUT2D eigenvalue weighted by molar-refractivity contribution is -0.379. The van der Waals surface area contributed by atoms with E-state index in [-0.39, 0.29) is 9.92 Å². The van der Waals surface area contributed by atoms with E-state index in [4.69, 9.17) is 4.74 Å². The molecule has 0 fully saturated rings. The highest BCUT2D eigenvalue weighted by molar-refractivity contribution is 7.14. The van der Waals surface area contributed by atoms with Crippen molar-refractivity contribution in [2.45, 2.75) is 6.42 Å². The lowest BCUT2D eigenvalue weighted by Crippen LogP contribution is -2.19. The molecule has 0 spiro atoms. The van der Waals surface area contributed by atoms with Crippen LogP contribution in [-0.2, 0) is 4.74 Å². The summed E-state index contributed by atoms with van der Waals surface area (Å²) in [5.41, 5.74) is 0.682. The molecule has 0 N–H and O–H groups in total. The second kappa shape index (κ2) is 5.67. The molecule has 1 rings (SSSR count). The number of methoxy groups -OCH3 is 1. The van der Waals surface area contributed by atoms with E-state index in [9.17, 15) is 10.1 Å². The summed E-state index contributed by atoms with van der Waals surface area (Å²) in [5, 5.41) is 12.6. The summed E-state index contributed by atoms with van der Waals surface area (Å²) in [5.74, 6) is 0. The normalized spacial score (nSPS) is 10.3. The smallest absolute Gasteiger partial charge is 0.347 e. The Morgan fingerprint density at radius 2 is 2.40 bits per heavy atom. The van der Waals surface area contributed by atoms with Crippen molar-refractivity contribution in [2.24, 2.45) is 0 Å². The van der Waals surface area contributed by atoms with Crippen molar-refractivity contribution in [1.82, 2.24) is 0 Å². The van der Waals surface area contributed by atoms with Gasteiger partial charge in [-0.1, -0.05) is 11.3 Å². The predicted molar refractivity (Wildman–Crippen MR) is 60.7 cm³/mol. The first kappa shape index (κ1) is 11.9. The second-order valence-electron chi connectivity index (χ2n) is 3.14. The highest BCUT2D eigenvalue weighted by Gasteiger charge is 2.18. The first-order valence-corrected chi connectivity index (χ1v) is 5.46. The van der Waals surface area contributed by atoms with Crippen molar-refractivity contribution in [3.63, 3.8) is 0 Å².